The zero-order valence-corrected chi connectivity index (χ0v) is 12.0. The van der Waals surface area contributed by atoms with E-state index in [2.05, 4.69) is 15.9 Å². The van der Waals surface area contributed by atoms with Crippen LogP contribution in [0.5, 0.6) is 0 Å². The van der Waals surface area contributed by atoms with E-state index < -0.39 is 0 Å². The average Bonchev–Trinajstić information content (AvgIpc) is 2.27. The van der Waals surface area contributed by atoms with Gasteiger partial charge in [0, 0.05) is 10.0 Å². The van der Waals surface area contributed by atoms with Crippen LogP contribution in [-0.2, 0) is 4.74 Å². The lowest BCUT2D eigenvalue weighted by atomic mass is 10.2. The lowest BCUT2D eigenvalue weighted by Crippen LogP contribution is -2.06. The first-order valence-corrected chi connectivity index (χ1v) is 6.90. The largest absolute Gasteiger partial charge is 0.479 e. The van der Waals surface area contributed by atoms with Crippen molar-refractivity contribution in [2.75, 3.05) is 12.4 Å². The summed E-state index contributed by atoms with van der Waals surface area (Å²) in [5.74, 6) is 0.375. The van der Waals surface area contributed by atoms with Gasteiger partial charge in [-0.1, -0.05) is 39.8 Å². The van der Waals surface area contributed by atoms with Crippen molar-refractivity contribution < 1.29 is 9.53 Å². The highest BCUT2D eigenvalue weighted by Crippen LogP contribution is 2.14. The number of thiocarbonyl (C=S) groups is 1. The van der Waals surface area contributed by atoms with Crippen LogP contribution in [0.15, 0.2) is 28.7 Å². The van der Waals surface area contributed by atoms with Crippen molar-refractivity contribution in [3.63, 3.8) is 0 Å². The van der Waals surface area contributed by atoms with Gasteiger partial charge in [-0.2, -0.15) is 0 Å². The standard InChI is InChI=1S/C11H11BrO2S2/c1-2-14-11(15)16-7-10(13)8-3-5-9(12)6-4-8/h3-6H,2,7H2,1H3. The first-order chi connectivity index (χ1) is 7.63. The van der Waals surface area contributed by atoms with Gasteiger partial charge in [0.15, 0.2) is 5.78 Å². The van der Waals surface area contributed by atoms with Gasteiger partial charge in [-0.15, -0.1) is 0 Å². The Morgan fingerprint density at radius 3 is 2.62 bits per heavy atom. The number of carbonyl (C=O) groups is 1. The number of rotatable bonds is 4. The van der Waals surface area contributed by atoms with Gasteiger partial charge >= 0.3 is 0 Å². The minimum absolute atomic E-state index is 0.0551. The second kappa shape index (κ2) is 7.04. The summed E-state index contributed by atoms with van der Waals surface area (Å²) in [6.45, 7) is 2.40. The summed E-state index contributed by atoms with van der Waals surface area (Å²) in [6.07, 6.45) is 0. The molecule has 1 aromatic carbocycles. The zero-order chi connectivity index (χ0) is 12.0. The number of thioether (sulfide) groups is 1. The number of carbonyl (C=O) groups excluding carboxylic acids is 1. The number of hydrogen-bond acceptors (Lipinski definition) is 4. The molecule has 0 atom stereocenters. The van der Waals surface area contributed by atoms with Crippen LogP contribution < -0.4 is 0 Å². The summed E-state index contributed by atoms with van der Waals surface area (Å²) in [6, 6.07) is 7.27. The summed E-state index contributed by atoms with van der Waals surface area (Å²) in [7, 11) is 0. The molecule has 0 aliphatic carbocycles. The van der Waals surface area contributed by atoms with E-state index in [0.29, 0.717) is 22.3 Å². The quantitative estimate of drug-likeness (QED) is 0.625. The number of ketones is 1. The Hall–Kier alpha value is -0.390. The monoisotopic (exact) mass is 318 g/mol. The molecule has 0 unspecified atom stereocenters. The van der Waals surface area contributed by atoms with Crippen molar-refractivity contribution in [2.24, 2.45) is 0 Å². The fraction of sp³-hybridized carbons (Fsp3) is 0.273. The minimum Gasteiger partial charge on any atom is -0.479 e. The highest BCUT2D eigenvalue weighted by atomic mass is 79.9. The van der Waals surface area contributed by atoms with Gasteiger partial charge in [-0.25, -0.2) is 0 Å². The average molecular weight is 319 g/mol. The van der Waals surface area contributed by atoms with E-state index >= 15 is 0 Å². The molecule has 0 aromatic heterocycles. The molecule has 1 rings (SSSR count). The predicted octanol–water partition coefficient (Wildman–Crippen LogP) is 3.69. The third-order valence-corrected chi connectivity index (χ3v) is 3.51. The van der Waals surface area contributed by atoms with Gasteiger partial charge in [0.25, 0.3) is 0 Å². The molecule has 0 N–H and O–H groups in total. The maximum absolute atomic E-state index is 11.7. The summed E-state index contributed by atoms with van der Waals surface area (Å²) < 4.78 is 6.47. The maximum Gasteiger partial charge on any atom is 0.220 e. The Kier molecular flexibility index (Phi) is 6.01. The molecule has 16 heavy (non-hydrogen) atoms. The summed E-state index contributed by atoms with van der Waals surface area (Å²) >= 11 is 9.50. The lowest BCUT2D eigenvalue weighted by molar-refractivity contribution is 0.102. The van der Waals surface area contributed by atoms with Crippen molar-refractivity contribution in [2.45, 2.75) is 6.92 Å². The molecule has 2 nitrogen and oxygen atoms in total. The van der Waals surface area contributed by atoms with E-state index in [1.54, 1.807) is 12.1 Å². The summed E-state index contributed by atoms with van der Waals surface area (Å²) in [4.78, 5) is 11.7. The molecule has 0 bridgehead atoms. The van der Waals surface area contributed by atoms with Gasteiger partial charge in [-0.05, 0) is 31.3 Å². The van der Waals surface area contributed by atoms with Crippen LogP contribution >= 0.6 is 39.9 Å². The Labute approximate surface area is 113 Å². The molecule has 0 radical (unpaired) electrons. The minimum atomic E-state index is 0.0551. The van der Waals surface area contributed by atoms with Crippen molar-refractivity contribution in [3.05, 3.63) is 34.3 Å². The molecule has 0 fully saturated rings. The molecule has 0 saturated carbocycles. The molecule has 1 aromatic rings. The molecule has 0 aliphatic heterocycles. The molecule has 0 saturated heterocycles. The molecule has 86 valence electrons. The zero-order valence-electron chi connectivity index (χ0n) is 8.73. The van der Waals surface area contributed by atoms with Crippen molar-refractivity contribution >= 4 is 50.1 Å². The molecule has 0 aliphatic rings. The Bertz CT molecular complexity index is 376. The predicted molar refractivity (Wildman–Crippen MR) is 75.2 cm³/mol. The number of Topliss-reactive ketones (excluding diaryl/α,β-unsaturated/α-hetero) is 1. The topological polar surface area (TPSA) is 26.3 Å². The smallest absolute Gasteiger partial charge is 0.220 e. The normalized spacial score (nSPS) is 9.88. The number of ether oxygens (including phenoxy) is 1. The van der Waals surface area contributed by atoms with E-state index in [1.165, 1.54) is 11.8 Å². The number of hydrogen-bond donors (Lipinski definition) is 0. The van der Waals surface area contributed by atoms with Crippen LogP contribution in [-0.4, -0.2) is 22.5 Å². The first-order valence-electron chi connectivity index (χ1n) is 4.71. The van der Waals surface area contributed by atoms with Crippen molar-refractivity contribution in [1.29, 1.82) is 0 Å². The number of halogens is 1. The maximum atomic E-state index is 11.7. The molecule has 0 heterocycles. The highest BCUT2D eigenvalue weighted by molar-refractivity contribution is 9.10. The van der Waals surface area contributed by atoms with Crippen molar-refractivity contribution in [1.82, 2.24) is 0 Å². The van der Waals surface area contributed by atoms with Gasteiger partial charge in [0.1, 0.15) is 0 Å². The summed E-state index contributed by atoms with van der Waals surface area (Å²) in [5.41, 5.74) is 0.690. The molecular weight excluding hydrogens is 308 g/mol. The first kappa shape index (κ1) is 13.7. The second-order valence-corrected chi connectivity index (χ2v) is 5.39. The van der Waals surface area contributed by atoms with E-state index in [-0.39, 0.29) is 5.78 Å². The van der Waals surface area contributed by atoms with E-state index in [1.807, 2.05) is 19.1 Å². The molecule has 0 amide bonds. The van der Waals surface area contributed by atoms with Crippen LogP contribution in [0.25, 0.3) is 0 Å². The van der Waals surface area contributed by atoms with E-state index in [9.17, 15) is 4.79 Å². The lowest BCUT2D eigenvalue weighted by Gasteiger charge is -2.03. The summed E-state index contributed by atoms with van der Waals surface area (Å²) in [5, 5.41) is 0. The third kappa shape index (κ3) is 4.63. The van der Waals surface area contributed by atoms with Gasteiger partial charge in [0.2, 0.25) is 4.38 Å². The Morgan fingerprint density at radius 2 is 2.06 bits per heavy atom. The third-order valence-electron chi connectivity index (χ3n) is 1.75. The van der Waals surface area contributed by atoms with Crippen LogP contribution in [0.3, 0.4) is 0 Å². The van der Waals surface area contributed by atoms with E-state index in [4.69, 9.17) is 17.0 Å². The fourth-order valence-corrected chi connectivity index (χ4v) is 2.18. The van der Waals surface area contributed by atoms with E-state index in [0.717, 1.165) is 4.47 Å². The van der Waals surface area contributed by atoms with Crippen LogP contribution in [0.4, 0.5) is 0 Å². The van der Waals surface area contributed by atoms with Crippen LogP contribution in [0.2, 0.25) is 0 Å². The number of benzene rings is 1. The Morgan fingerprint density at radius 1 is 1.44 bits per heavy atom. The fourth-order valence-electron chi connectivity index (χ4n) is 1.00. The van der Waals surface area contributed by atoms with Crippen LogP contribution in [0, 0.1) is 0 Å². The molecule has 0 spiro atoms. The van der Waals surface area contributed by atoms with Gasteiger partial charge in [0.05, 0.1) is 12.4 Å². The highest BCUT2D eigenvalue weighted by Gasteiger charge is 2.07. The van der Waals surface area contributed by atoms with Crippen molar-refractivity contribution in [3.8, 4) is 0 Å². The molecular formula is C11H11BrO2S2. The van der Waals surface area contributed by atoms with Gasteiger partial charge in [-0.3, -0.25) is 4.79 Å². The Balaban J connectivity index is 2.47. The molecule has 5 heteroatoms. The SMILES string of the molecule is CCOC(=S)SCC(=O)c1ccc(Br)cc1. The van der Waals surface area contributed by atoms with Crippen LogP contribution in [0.1, 0.15) is 17.3 Å². The second-order valence-electron chi connectivity index (χ2n) is 2.90. The van der Waals surface area contributed by atoms with Gasteiger partial charge < -0.3 is 4.74 Å².